The van der Waals surface area contributed by atoms with Gasteiger partial charge < -0.3 is 18.6 Å². The van der Waals surface area contributed by atoms with Gasteiger partial charge in [-0.1, -0.05) is 60.2 Å². The summed E-state index contributed by atoms with van der Waals surface area (Å²) in [6.45, 7) is 2.55. The molecule has 5 aromatic rings. The Kier molecular flexibility index (Phi) is 6.64. The highest BCUT2D eigenvalue weighted by Crippen LogP contribution is 2.32. The van der Waals surface area contributed by atoms with E-state index in [1.165, 1.54) is 0 Å². The average Bonchev–Trinajstić information content (AvgIpc) is 3.42. The van der Waals surface area contributed by atoms with Crippen molar-refractivity contribution in [2.45, 2.75) is 20.0 Å². The smallest absolute Gasteiger partial charge is 0.344 e. The van der Waals surface area contributed by atoms with Crippen molar-refractivity contribution >= 4 is 22.4 Å². The van der Waals surface area contributed by atoms with E-state index < -0.39 is 5.63 Å². The van der Waals surface area contributed by atoms with Crippen LogP contribution in [0.2, 0.25) is 0 Å². The van der Waals surface area contributed by atoms with E-state index in [0.717, 1.165) is 22.4 Å². The van der Waals surface area contributed by atoms with Crippen LogP contribution in [0.4, 0.5) is 5.69 Å². The predicted octanol–water partition coefficient (Wildman–Crippen LogP) is 6.27. The van der Waals surface area contributed by atoms with Crippen LogP contribution < -0.4 is 10.5 Å². The summed E-state index contributed by atoms with van der Waals surface area (Å²) in [5.41, 5.74) is 3.98. The first-order valence-corrected chi connectivity index (χ1v) is 12.1. The third kappa shape index (κ3) is 5.05. The van der Waals surface area contributed by atoms with Gasteiger partial charge in [0.25, 0.3) is 5.91 Å². The zero-order chi connectivity index (χ0) is 25.9. The molecule has 6 heteroatoms. The minimum absolute atomic E-state index is 0.0176. The number of carbonyl (C=O) groups is 1. The molecule has 3 aromatic carbocycles. The predicted molar refractivity (Wildman–Crippen MR) is 146 cm³/mol. The van der Waals surface area contributed by atoms with E-state index in [1.807, 2.05) is 92.6 Å². The van der Waals surface area contributed by atoms with Crippen molar-refractivity contribution in [1.82, 2.24) is 4.90 Å². The molecule has 0 aliphatic rings. The van der Waals surface area contributed by atoms with Gasteiger partial charge in [-0.05, 0) is 48.4 Å². The molecule has 0 saturated carbocycles. The zero-order valence-corrected chi connectivity index (χ0v) is 21.1. The molecule has 0 aliphatic carbocycles. The van der Waals surface area contributed by atoms with Crippen molar-refractivity contribution in [2.75, 3.05) is 19.0 Å². The Bertz CT molecular complexity index is 1580. The first kappa shape index (κ1) is 24.1. The molecule has 2 aromatic heterocycles. The largest absolute Gasteiger partial charge is 0.467 e. The molecule has 2 heterocycles. The van der Waals surface area contributed by atoms with Crippen molar-refractivity contribution in [2.24, 2.45) is 0 Å². The number of benzene rings is 3. The third-order valence-electron chi connectivity index (χ3n) is 6.41. The summed E-state index contributed by atoms with van der Waals surface area (Å²) in [6, 6.07) is 26.7. The van der Waals surface area contributed by atoms with Crippen molar-refractivity contribution in [3.63, 3.8) is 0 Å². The van der Waals surface area contributed by atoms with Crippen LogP contribution in [-0.4, -0.2) is 24.9 Å². The van der Waals surface area contributed by atoms with Crippen LogP contribution in [0.3, 0.4) is 0 Å². The van der Waals surface area contributed by atoms with Gasteiger partial charge in [0, 0.05) is 37.3 Å². The lowest BCUT2D eigenvalue weighted by molar-refractivity contribution is 0.0682. The van der Waals surface area contributed by atoms with Crippen LogP contribution in [0.1, 0.15) is 27.4 Å². The molecule has 0 unspecified atom stereocenters. The average molecular weight is 493 g/mol. The van der Waals surface area contributed by atoms with E-state index in [1.54, 1.807) is 29.4 Å². The van der Waals surface area contributed by atoms with Gasteiger partial charge in [-0.2, -0.15) is 0 Å². The van der Waals surface area contributed by atoms with Crippen LogP contribution in [0.15, 0.2) is 105 Å². The second kappa shape index (κ2) is 10.2. The van der Waals surface area contributed by atoms with Crippen LogP contribution in [0.5, 0.6) is 0 Å². The molecular formula is C31H28N2O4. The standard InChI is InChI=1S/C31H28N2O4/c1-21-10-14-23(15-11-21)28-26-8-4-5-9-27(26)31(35)37-29(28)30(34)33(20-25-7-6-18-36-25)19-22-12-16-24(17-13-22)32(2)3/h4-18H,19-20H2,1-3H3. The second-order valence-electron chi connectivity index (χ2n) is 9.31. The fourth-order valence-electron chi connectivity index (χ4n) is 4.41. The normalized spacial score (nSPS) is 11.0. The number of furan rings is 1. The Morgan fingerprint density at radius 3 is 2.16 bits per heavy atom. The lowest BCUT2D eigenvalue weighted by atomic mass is 9.97. The van der Waals surface area contributed by atoms with Crippen molar-refractivity contribution < 1.29 is 13.6 Å². The molecule has 0 N–H and O–H groups in total. The van der Waals surface area contributed by atoms with E-state index >= 15 is 0 Å². The quantitative estimate of drug-likeness (QED) is 0.268. The van der Waals surface area contributed by atoms with Crippen molar-refractivity contribution in [1.29, 1.82) is 0 Å². The molecule has 37 heavy (non-hydrogen) atoms. The summed E-state index contributed by atoms with van der Waals surface area (Å²) in [4.78, 5) is 30.8. The summed E-state index contributed by atoms with van der Waals surface area (Å²) in [6.07, 6.45) is 1.58. The molecular weight excluding hydrogens is 464 g/mol. The Labute approximate surface area is 215 Å². The Balaban J connectivity index is 1.63. The number of hydrogen-bond donors (Lipinski definition) is 0. The molecule has 0 atom stereocenters. The van der Waals surface area contributed by atoms with Crippen molar-refractivity contribution in [3.8, 4) is 11.1 Å². The van der Waals surface area contributed by atoms with Gasteiger partial charge in [-0.3, -0.25) is 4.79 Å². The number of rotatable bonds is 7. The number of hydrogen-bond acceptors (Lipinski definition) is 5. The molecule has 5 rings (SSSR count). The molecule has 186 valence electrons. The molecule has 0 spiro atoms. The first-order valence-electron chi connectivity index (χ1n) is 12.1. The summed E-state index contributed by atoms with van der Waals surface area (Å²) in [5.74, 6) is 0.272. The molecule has 0 aliphatic heterocycles. The summed E-state index contributed by atoms with van der Waals surface area (Å²) < 4.78 is 11.3. The van der Waals surface area contributed by atoms with E-state index in [0.29, 0.717) is 28.6 Å². The topological polar surface area (TPSA) is 66.9 Å². The summed E-state index contributed by atoms with van der Waals surface area (Å²) in [7, 11) is 3.96. The molecule has 6 nitrogen and oxygen atoms in total. The van der Waals surface area contributed by atoms with E-state index in [4.69, 9.17) is 8.83 Å². The van der Waals surface area contributed by atoms with Gasteiger partial charge in [0.2, 0.25) is 5.76 Å². The lowest BCUT2D eigenvalue weighted by Gasteiger charge is -2.23. The fourth-order valence-corrected chi connectivity index (χ4v) is 4.41. The highest BCUT2D eigenvalue weighted by Gasteiger charge is 2.26. The highest BCUT2D eigenvalue weighted by atomic mass is 16.4. The molecule has 0 fully saturated rings. The van der Waals surface area contributed by atoms with Crippen molar-refractivity contribution in [3.05, 3.63) is 124 Å². The van der Waals surface area contributed by atoms with Gasteiger partial charge in [0.1, 0.15) is 5.76 Å². The monoisotopic (exact) mass is 492 g/mol. The number of amides is 1. The maximum absolute atomic E-state index is 14.2. The maximum atomic E-state index is 14.2. The van der Waals surface area contributed by atoms with E-state index in [-0.39, 0.29) is 18.2 Å². The SMILES string of the molecule is Cc1ccc(-c2c(C(=O)N(Cc3ccc(N(C)C)cc3)Cc3ccco3)oc(=O)c3ccccc23)cc1. The van der Waals surface area contributed by atoms with Gasteiger partial charge >= 0.3 is 5.63 Å². The van der Waals surface area contributed by atoms with E-state index in [2.05, 4.69) is 0 Å². The number of aryl methyl sites for hydroxylation is 1. The maximum Gasteiger partial charge on any atom is 0.344 e. The number of fused-ring (bicyclic) bond motifs is 1. The Morgan fingerprint density at radius 2 is 1.51 bits per heavy atom. The Morgan fingerprint density at radius 1 is 0.811 bits per heavy atom. The summed E-state index contributed by atoms with van der Waals surface area (Å²) >= 11 is 0. The Hall–Kier alpha value is -4.58. The van der Waals surface area contributed by atoms with Crippen LogP contribution in [-0.2, 0) is 13.1 Å². The molecule has 0 radical (unpaired) electrons. The second-order valence-corrected chi connectivity index (χ2v) is 9.31. The zero-order valence-electron chi connectivity index (χ0n) is 21.1. The first-order chi connectivity index (χ1) is 17.9. The van der Waals surface area contributed by atoms with Crippen LogP contribution in [0.25, 0.3) is 21.9 Å². The summed E-state index contributed by atoms with van der Waals surface area (Å²) in [5, 5.41) is 1.12. The van der Waals surface area contributed by atoms with Gasteiger partial charge in [0.15, 0.2) is 0 Å². The fraction of sp³-hybridized carbons (Fsp3) is 0.161. The molecule has 1 amide bonds. The molecule has 0 bridgehead atoms. The lowest BCUT2D eigenvalue weighted by Crippen LogP contribution is -2.31. The van der Waals surface area contributed by atoms with Gasteiger partial charge in [-0.25, -0.2) is 4.79 Å². The van der Waals surface area contributed by atoms with Gasteiger partial charge in [0.05, 0.1) is 18.2 Å². The van der Waals surface area contributed by atoms with Gasteiger partial charge in [-0.15, -0.1) is 0 Å². The number of anilines is 1. The van der Waals surface area contributed by atoms with E-state index in [9.17, 15) is 9.59 Å². The highest BCUT2D eigenvalue weighted by molar-refractivity contribution is 6.07. The third-order valence-corrected chi connectivity index (χ3v) is 6.41. The number of nitrogens with zero attached hydrogens (tertiary/aromatic N) is 2. The van der Waals surface area contributed by atoms with Crippen LogP contribution in [0, 0.1) is 6.92 Å². The minimum Gasteiger partial charge on any atom is -0.467 e. The minimum atomic E-state index is -0.539. The van der Waals surface area contributed by atoms with Crippen LogP contribution >= 0.6 is 0 Å². The number of carbonyl (C=O) groups excluding carboxylic acids is 1. The molecule has 0 saturated heterocycles.